The Hall–Kier alpha value is -1.54. The van der Waals surface area contributed by atoms with Crippen LogP contribution in [-0.2, 0) is 10.0 Å². The van der Waals surface area contributed by atoms with Crippen molar-refractivity contribution < 1.29 is 8.42 Å². The molecule has 0 aliphatic carbocycles. The van der Waals surface area contributed by atoms with Gasteiger partial charge in [0.1, 0.15) is 4.90 Å². The van der Waals surface area contributed by atoms with Crippen molar-refractivity contribution in [3.05, 3.63) is 46.6 Å². The Morgan fingerprint density at radius 1 is 1.20 bits per heavy atom. The summed E-state index contributed by atoms with van der Waals surface area (Å²) in [4.78, 5) is 3.74. The fourth-order valence-electron chi connectivity index (χ4n) is 1.49. The summed E-state index contributed by atoms with van der Waals surface area (Å²) in [6, 6.07) is 7.28. The minimum absolute atomic E-state index is 0.0325. The fourth-order valence-corrected chi connectivity index (χ4v) is 3.20. The monoisotopic (exact) mass is 332 g/mol. The van der Waals surface area contributed by atoms with Crippen LogP contribution in [0.25, 0.3) is 0 Å². The summed E-state index contributed by atoms with van der Waals surface area (Å²) in [7, 11) is -3.87. The third-order valence-corrected chi connectivity index (χ3v) is 4.32. The van der Waals surface area contributed by atoms with E-state index in [2.05, 4.69) is 15.1 Å². The molecular weight excluding hydrogens is 323 g/mol. The van der Waals surface area contributed by atoms with Crippen LogP contribution in [0.1, 0.15) is 0 Å². The molecule has 1 aromatic carbocycles. The predicted molar refractivity (Wildman–Crippen MR) is 79.3 cm³/mol. The molecule has 4 N–H and O–H groups in total. The van der Waals surface area contributed by atoms with Crippen LogP contribution in [0.15, 0.2) is 41.4 Å². The van der Waals surface area contributed by atoms with Crippen LogP contribution in [0.3, 0.4) is 0 Å². The highest BCUT2D eigenvalue weighted by Crippen LogP contribution is 2.28. The zero-order valence-corrected chi connectivity index (χ0v) is 12.3. The number of aromatic nitrogens is 1. The number of benzene rings is 1. The van der Waals surface area contributed by atoms with Crippen LogP contribution in [0.2, 0.25) is 10.0 Å². The van der Waals surface area contributed by atoms with Crippen molar-refractivity contribution in [2.24, 2.45) is 5.84 Å². The van der Waals surface area contributed by atoms with Gasteiger partial charge in [0.2, 0.25) is 0 Å². The first kappa shape index (κ1) is 14.9. The molecule has 6 nitrogen and oxygen atoms in total. The average molecular weight is 333 g/mol. The summed E-state index contributed by atoms with van der Waals surface area (Å²) >= 11 is 11.7. The predicted octanol–water partition coefficient (Wildman–Crippen LogP) is 2.47. The van der Waals surface area contributed by atoms with E-state index in [4.69, 9.17) is 29.0 Å². The standard InChI is InChI=1S/C11H10Cl2N4O2S/c12-7-3-4-9(8(13)6-7)17-20(18,19)10-2-1-5-15-11(10)16-14/h1-6,17H,14H2,(H,15,16). The Bertz CT molecular complexity index is 737. The molecule has 1 aromatic heterocycles. The molecule has 0 radical (unpaired) electrons. The Morgan fingerprint density at radius 2 is 1.95 bits per heavy atom. The van der Waals surface area contributed by atoms with Gasteiger partial charge in [-0.2, -0.15) is 0 Å². The van der Waals surface area contributed by atoms with E-state index < -0.39 is 10.0 Å². The van der Waals surface area contributed by atoms with Gasteiger partial charge in [-0.25, -0.2) is 19.2 Å². The first-order valence-corrected chi connectivity index (χ1v) is 7.57. The van der Waals surface area contributed by atoms with E-state index in [0.717, 1.165) is 0 Å². The second-order valence-corrected chi connectivity index (χ2v) is 6.22. The maximum absolute atomic E-state index is 12.3. The van der Waals surface area contributed by atoms with E-state index in [1.54, 1.807) is 0 Å². The molecule has 0 amide bonds. The minimum atomic E-state index is -3.87. The van der Waals surface area contributed by atoms with E-state index in [1.807, 2.05) is 0 Å². The van der Waals surface area contributed by atoms with Crippen molar-refractivity contribution in [1.29, 1.82) is 0 Å². The molecule has 0 atom stereocenters. The molecule has 106 valence electrons. The van der Waals surface area contributed by atoms with E-state index in [-0.39, 0.29) is 21.4 Å². The lowest BCUT2D eigenvalue weighted by Crippen LogP contribution is -2.18. The van der Waals surface area contributed by atoms with Gasteiger partial charge in [-0.05, 0) is 30.3 Å². The first-order chi connectivity index (χ1) is 9.44. The highest BCUT2D eigenvalue weighted by molar-refractivity contribution is 7.92. The quantitative estimate of drug-likeness (QED) is 0.590. The molecule has 0 aliphatic heterocycles. The maximum Gasteiger partial charge on any atom is 0.265 e. The zero-order chi connectivity index (χ0) is 14.8. The Kier molecular flexibility index (Phi) is 4.34. The molecule has 0 unspecified atom stereocenters. The number of hydrogen-bond donors (Lipinski definition) is 3. The molecule has 0 saturated heterocycles. The van der Waals surface area contributed by atoms with Crippen molar-refractivity contribution in [2.45, 2.75) is 4.90 Å². The lowest BCUT2D eigenvalue weighted by Gasteiger charge is -2.12. The number of nitrogen functional groups attached to an aromatic ring is 1. The van der Waals surface area contributed by atoms with E-state index in [0.29, 0.717) is 5.02 Å². The lowest BCUT2D eigenvalue weighted by molar-refractivity contribution is 0.601. The second kappa shape index (κ2) is 5.84. The highest BCUT2D eigenvalue weighted by Gasteiger charge is 2.20. The third-order valence-electron chi connectivity index (χ3n) is 2.37. The van der Waals surface area contributed by atoms with Gasteiger partial charge in [-0.3, -0.25) is 4.72 Å². The number of nitrogens with two attached hydrogens (primary N) is 1. The molecule has 2 aromatic rings. The van der Waals surface area contributed by atoms with Crippen molar-refractivity contribution in [2.75, 3.05) is 10.1 Å². The van der Waals surface area contributed by atoms with Gasteiger partial charge in [0.05, 0.1) is 10.7 Å². The van der Waals surface area contributed by atoms with Crippen LogP contribution in [0.4, 0.5) is 11.5 Å². The molecule has 0 spiro atoms. The van der Waals surface area contributed by atoms with Gasteiger partial charge in [0.25, 0.3) is 10.0 Å². The van der Waals surface area contributed by atoms with Crippen molar-refractivity contribution in [3.8, 4) is 0 Å². The molecule has 9 heteroatoms. The van der Waals surface area contributed by atoms with Gasteiger partial charge >= 0.3 is 0 Å². The second-order valence-electron chi connectivity index (χ2n) is 3.72. The van der Waals surface area contributed by atoms with E-state index in [9.17, 15) is 8.42 Å². The molecule has 20 heavy (non-hydrogen) atoms. The number of nitrogens with zero attached hydrogens (tertiary/aromatic N) is 1. The van der Waals surface area contributed by atoms with Crippen LogP contribution >= 0.6 is 23.2 Å². The number of hydrogen-bond acceptors (Lipinski definition) is 5. The van der Waals surface area contributed by atoms with Gasteiger partial charge in [0.15, 0.2) is 5.82 Å². The minimum Gasteiger partial charge on any atom is -0.307 e. The van der Waals surface area contributed by atoms with E-state index in [1.165, 1.54) is 36.5 Å². The summed E-state index contributed by atoms with van der Waals surface area (Å²) < 4.78 is 26.9. The van der Waals surface area contributed by atoms with E-state index >= 15 is 0 Å². The van der Waals surface area contributed by atoms with Crippen molar-refractivity contribution in [3.63, 3.8) is 0 Å². The molecule has 0 bridgehead atoms. The van der Waals surface area contributed by atoms with Crippen LogP contribution in [0.5, 0.6) is 0 Å². The summed E-state index contributed by atoms with van der Waals surface area (Å²) in [5.41, 5.74) is 2.44. The molecule has 1 heterocycles. The molecule has 2 rings (SSSR count). The number of rotatable bonds is 4. The highest BCUT2D eigenvalue weighted by atomic mass is 35.5. The van der Waals surface area contributed by atoms with Crippen molar-refractivity contribution in [1.82, 2.24) is 4.98 Å². The van der Waals surface area contributed by atoms with Gasteiger partial charge < -0.3 is 5.43 Å². The zero-order valence-electron chi connectivity index (χ0n) is 9.97. The van der Waals surface area contributed by atoms with Crippen molar-refractivity contribution >= 4 is 44.7 Å². The lowest BCUT2D eigenvalue weighted by atomic mass is 10.3. The van der Waals surface area contributed by atoms with Gasteiger partial charge in [0, 0.05) is 11.2 Å². The molecule has 0 saturated carbocycles. The number of sulfonamides is 1. The largest absolute Gasteiger partial charge is 0.307 e. The number of hydrazine groups is 1. The SMILES string of the molecule is NNc1ncccc1S(=O)(=O)Nc1ccc(Cl)cc1Cl. The summed E-state index contributed by atoms with van der Waals surface area (Å²) in [5, 5.41) is 0.593. The number of nitrogens with one attached hydrogen (secondary N) is 2. The molecule has 0 fully saturated rings. The third kappa shape index (κ3) is 3.13. The molecular formula is C11H10Cl2N4O2S. The summed E-state index contributed by atoms with van der Waals surface area (Å²) in [5.74, 6) is 5.27. The number of anilines is 2. The molecule has 0 aliphatic rings. The van der Waals surface area contributed by atoms with Crippen LogP contribution < -0.4 is 16.0 Å². The Labute approximate surface area is 125 Å². The van der Waals surface area contributed by atoms with Crippen LogP contribution in [0, 0.1) is 0 Å². The Balaban J connectivity index is 2.41. The maximum atomic E-state index is 12.3. The average Bonchev–Trinajstić information content (AvgIpc) is 2.42. The fraction of sp³-hybridized carbons (Fsp3) is 0. The first-order valence-electron chi connectivity index (χ1n) is 5.33. The van der Waals surface area contributed by atoms with Gasteiger partial charge in [-0.15, -0.1) is 0 Å². The Morgan fingerprint density at radius 3 is 2.60 bits per heavy atom. The topological polar surface area (TPSA) is 97.1 Å². The summed E-state index contributed by atoms with van der Waals surface area (Å²) in [6.07, 6.45) is 1.42. The smallest absolute Gasteiger partial charge is 0.265 e. The number of halogens is 2. The van der Waals surface area contributed by atoms with Crippen LogP contribution in [-0.4, -0.2) is 13.4 Å². The number of pyridine rings is 1. The summed E-state index contributed by atoms with van der Waals surface area (Å²) in [6.45, 7) is 0. The van der Waals surface area contributed by atoms with Gasteiger partial charge in [-0.1, -0.05) is 23.2 Å². The normalized spacial score (nSPS) is 11.2.